The number of likely N-dealkylation sites (tertiary alicyclic amines) is 1. The van der Waals surface area contributed by atoms with E-state index in [1.807, 2.05) is 6.26 Å². The molecular formula is C20H37N7O6S. The zero-order valence-corrected chi connectivity index (χ0v) is 20.4. The average Bonchev–Trinajstić information content (AvgIpc) is 3.26. The maximum absolute atomic E-state index is 13.0. The zero-order chi connectivity index (χ0) is 25.8. The van der Waals surface area contributed by atoms with Crippen LogP contribution in [0.2, 0.25) is 0 Å². The highest BCUT2D eigenvalue weighted by atomic mass is 32.2. The van der Waals surface area contributed by atoms with E-state index in [9.17, 15) is 29.4 Å². The van der Waals surface area contributed by atoms with Gasteiger partial charge in [-0.1, -0.05) is 0 Å². The SMILES string of the molecule is CSCCC(NC(=O)C1CCCN1C(=O)C(N)CCCN=C(N)N)C(=O)NC(C(=O)O)C(C)O. The van der Waals surface area contributed by atoms with E-state index < -0.39 is 48.1 Å². The molecule has 0 aromatic rings. The third-order valence-corrected chi connectivity index (χ3v) is 6.06. The fourth-order valence-electron chi connectivity index (χ4n) is 3.57. The van der Waals surface area contributed by atoms with Gasteiger partial charge in [0.05, 0.1) is 12.1 Å². The topological polar surface area (TPSA) is 226 Å². The summed E-state index contributed by atoms with van der Waals surface area (Å²) in [5, 5.41) is 23.8. The molecule has 10 N–H and O–H groups in total. The minimum Gasteiger partial charge on any atom is -0.480 e. The maximum atomic E-state index is 13.0. The number of aliphatic hydroxyl groups is 1. The number of aliphatic carboxylic acids is 1. The lowest BCUT2D eigenvalue weighted by molar-refractivity contribution is -0.145. The van der Waals surface area contributed by atoms with Gasteiger partial charge in [-0.15, -0.1) is 0 Å². The molecule has 5 atom stereocenters. The van der Waals surface area contributed by atoms with Crippen LogP contribution in [0.25, 0.3) is 0 Å². The number of amides is 3. The second-order valence-corrected chi connectivity index (χ2v) is 9.14. The van der Waals surface area contributed by atoms with Crippen LogP contribution < -0.4 is 27.8 Å². The molecule has 14 heteroatoms. The molecule has 194 valence electrons. The van der Waals surface area contributed by atoms with E-state index in [2.05, 4.69) is 15.6 Å². The second-order valence-electron chi connectivity index (χ2n) is 8.15. The monoisotopic (exact) mass is 503 g/mol. The number of hydrogen-bond acceptors (Lipinski definition) is 8. The lowest BCUT2D eigenvalue weighted by Crippen LogP contribution is -2.58. The minimum absolute atomic E-state index is 0.0423. The quantitative estimate of drug-likeness (QED) is 0.0751. The number of aliphatic hydroxyl groups excluding tert-OH is 1. The Balaban J connectivity index is 2.82. The maximum Gasteiger partial charge on any atom is 0.328 e. The van der Waals surface area contributed by atoms with Crippen molar-refractivity contribution in [3.8, 4) is 0 Å². The van der Waals surface area contributed by atoms with Crippen LogP contribution in [0.1, 0.15) is 39.0 Å². The number of nitrogens with zero attached hydrogens (tertiary/aromatic N) is 2. The smallest absolute Gasteiger partial charge is 0.328 e. The van der Waals surface area contributed by atoms with E-state index in [-0.39, 0.29) is 18.3 Å². The van der Waals surface area contributed by atoms with Crippen LogP contribution in [0.5, 0.6) is 0 Å². The van der Waals surface area contributed by atoms with Gasteiger partial charge in [-0.3, -0.25) is 19.4 Å². The number of rotatable bonds is 14. The normalized spacial score (nSPS) is 18.9. The Labute approximate surface area is 203 Å². The molecule has 3 amide bonds. The molecule has 0 aromatic heterocycles. The van der Waals surface area contributed by atoms with Crippen LogP contribution in [0.3, 0.4) is 0 Å². The third-order valence-electron chi connectivity index (χ3n) is 5.41. The van der Waals surface area contributed by atoms with Gasteiger partial charge in [-0.2, -0.15) is 11.8 Å². The largest absolute Gasteiger partial charge is 0.480 e. The van der Waals surface area contributed by atoms with Crippen LogP contribution >= 0.6 is 11.8 Å². The summed E-state index contributed by atoms with van der Waals surface area (Å²) in [5.41, 5.74) is 16.6. The van der Waals surface area contributed by atoms with Crippen molar-refractivity contribution in [1.82, 2.24) is 15.5 Å². The first kappa shape index (κ1) is 29.5. The van der Waals surface area contributed by atoms with Crippen molar-refractivity contribution in [1.29, 1.82) is 0 Å². The Morgan fingerprint density at radius 2 is 1.88 bits per heavy atom. The van der Waals surface area contributed by atoms with Crippen molar-refractivity contribution < 1.29 is 29.4 Å². The summed E-state index contributed by atoms with van der Waals surface area (Å²) in [7, 11) is 0. The van der Waals surface area contributed by atoms with Crippen molar-refractivity contribution in [2.24, 2.45) is 22.2 Å². The Kier molecular flexibility index (Phi) is 12.7. The number of carbonyl (C=O) groups excluding carboxylic acids is 3. The fraction of sp³-hybridized carbons (Fsp3) is 0.750. The Hall–Kier alpha value is -2.58. The van der Waals surface area contributed by atoms with E-state index >= 15 is 0 Å². The van der Waals surface area contributed by atoms with Crippen molar-refractivity contribution in [3.63, 3.8) is 0 Å². The van der Waals surface area contributed by atoms with Crippen LogP contribution in [0, 0.1) is 0 Å². The average molecular weight is 504 g/mol. The number of nitrogens with one attached hydrogen (secondary N) is 2. The first-order chi connectivity index (χ1) is 16.0. The molecule has 1 rings (SSSR count). The van der Waals surface area contributed by atoms with Gasteiger partial charge in [0.15, 0.2) is 12.0 Å². The lowest BCUT2D eigenvalue weighted by atomic mass is 10.1. The molecule has 1 aliphatic rings. The van der Waals surface area contributed by atoms with Crippen molar-refractivity contribution in [3.05, 3.63) is 0 Å². The molecule has 1 fully saturated rings. The van der Waals surface area contributed by atoms with Gasteiger partial charge in [0.25, 0.3) is 0 Å². The van der Waals surface area contributed by atoms with Gasteiger partial charge in [0.2, 0.25) is 17.7 Å². The van der Waals surface area contributed by atoms with Gasteiger partial charge < -0.3 is 42.9 Å². The summed E-state index contributed by atoms with van der Waals surface area (Å²) in [5.74, 6) is -2.50. The first-order valence-electron chi connectivity index (χ1n) is 11.1. The summed E-state index contributed by atoms with van der Waals surface area (Å²) in [4.78, 5) is 55.1. The van der Waals surface area contributed by atoms with Crippen LogP contribution in [-0.2, 0) is 19.2 Å². The number of hydrogen-bond donors (Lipinski definition) is 7. The molecular weight excluding hydrogens is 466 g/mol. The molecule has 0 radical (unpaired) electrons. The molecule has 1 heterocycles. The summed E-state index contributed by atoms with van der Waals surface area (Å²) in [6.45, 7) is 1.95. The molecule has 0 bridgehead atoms. The fourth-order valence-corrected chi connectivity index (χ4v) is 4.05. The van der Waals surface area contributed by atoms with Gasteiger partial charge >= 0.3 is 5.97 Å². The third kappa shape index (κ3) is 9.35. The number of aliphatic imine (C=N–C) groups is 1. The van der Waals surface area contributed by atoms with Crippen molar-refractivity contribution in [2.75, 3.05) is 25.1 Å². The van der Waals surface area contributed by atoms with Crippen LogP contribution in [-0.4, -0.2) is 100 Å². The second kappa shape index (κ2) is 14.6. The molecule has 13 nitrogen and oxygen atoms in total. The number of thioether (sulfide) groups is 1. The van der Waals surface area contributed by atoms with Crippen LogP contribution in [0.15, 0.2) is 4.99 Å². The van der Waals surface area contributed by atoms with Crippen molar-refractivity contribution >= 4 is 41.4 Å². The summed E-state index contributed by atoms with van der Waals surface area (Å²) >= 11 is 1.46. The van der Waals surface area contributed by atoms with E-state index in [0.29, 0.717) is 44.5 Å². The molecule has 1 saturated heterocycles. The number of guanidine groups is 1. The number of carboxylic acids is 1. The van der Waals surface area contributed by atoms with E-state index in [1.165, 1.54) is 23.6 Å². The van der Waals surface area contributed by atoms with Gasteiger partial charge in [-0.25, -0.2) is 4.79 Å². The van der Waals surface area contributed by atoms with Gasteiger partial charge in [0.1, 0.15) is 12.1 Å². The number of nitrogens with two attached hydrogens (primary N) is 3. The summed E-state index contributed by atoms with van der Waals surface area (Å²) < 4.78 is 0. The molecule has 0 aromatic carbocycles. The highest BCUT2D eigenvalue weighted by Gasteiger charge is 2.38. The molecule has 0 saturated carbocycles. The molecule has 1 aliphatic heterocycles. The first-order valence-corrected chi connectivity index (χ1v) is 12.5. The van der Waals surface area contributed by atoms with Crippen molar-refractivity contribution in [2.45, 2.75) is 69.3 Å². The Morgan fingerprint density at radius 3 is 2.44 bits per heavy atom. The highest BCUT2D eigenvalue weighted by Crippen LogP contribution is 2.19. The molecule has 0 aliphatic carbocycles. The zero-order valence-electron chi connectivity index (χ0n) is 19.6. The number of carboxylic acid groups (broad SMARTS) is 1. The van der Waals surface area contributed by atoms with E-state index in [0.717, 1.165) is 0 Å². The molecule has 0 spiro atoms. The summed E-state index contributed by atoms with van der Waals surface area (Å²) in [6, 6.07) is -4.14. The minimum atomic E-state index is -1.51. The standard InChI is InChI=1S/C20H37N7O6S/c1-11(28)15(19(32)33)26-16(29)13(7-10-34-2)25-17(30)14-6-4-9-27(14)18(31)12(21)5-3-8-24-20(22)23/h11-15,28H,3-10,21H2,1-2H3,(H,25,30)(H,26,29)(H,32,33)(H4,22,23,24). The molecule has 34 heavy (non-hydrogen) atoms. The molecule has 5 unspecified atom stereocenters. The Bertz CT molecular complexity index is 747. The predicted molar refractivity (Wildman–Crippen MR) is 129 cm³/mol. The summed E-state index contributed by atoms with van der Waals surface area (Å²) in [6.07, 6.45) is 2.62. The Morgan fingerprint density at radius 1 is 1.21 bits per heavy atom. The lowest BCUT2D eigenvalue weighted by Gasteiger charge is -2.29. The van der Waals surface area contributed by atoms with Crippen LogP contribution in [0.4, 0.5) is 0 Å². The van der Waals surface area contributed by atoms with E-state index in [4.69, 9.17) is 17.2 Å². The van der Waals surface area contributed by atoms with Gasteiger partial charge in [0, 0.05) is 13.1 Å². The number of carbonyl (C=O) groups is 4. The van der Waals surface area contributed by atoms with E-state index in [1.54, 1.807) is 0 Å². The van der Waals surface area contributed by atoms with Gasteiger partial charge in [-0.05, 0) is 51.0 Å². The predicted octanol–water partition coefficient (Wildman–Crippen LogP) is -2.45. The highest BCUT2D eigenvalue weighted by molar-refractivity contribution is 7.98.